The van der Waals surface area contributed by atoms with Gasteiger partial charge in [0, 0.05) is 6.54 Å². The van der Waals surface area contributed by atoms with E-state index in [1.54, 1.807) is 0 Å². The van der Waals surface area contributed by atoms with Crippen LogP contribution in [-0.4, -0.2) is 31.3 Å². The van der Waals surface area contributed by atoms with Gasteiger partial charge in [-0.3, -0.25) is 0 Å². The van der Waals surface area contributed by atoms with Crippen LogP contribution >= 0.6 is 12.6 Å². The Morgan fingerprint density at radius 2 is 2.00 bits per heavy atom. The molecule has 0 saturated carbocycles. The van der Waals surface area contributed by atoms with Crippen LogP contribution in [0.1, 0.15) is 6.92 Å². The van der Waals surface area contributed by atoms with Gasteiger partial charge in [-0.2, -0.15) is 12.6 Å². The van der Waals surface area contributed by atoms with Gasteiger partial charge in [-0.05, 0) is 25.8 Å². The molecule has 0 spiro atoms. The summed E-state index contributed by atoms with van der Waals surface area (Å²) in [6, 6.07) is 0. The van der Waals surface area contributed by atoms with Crippen molar-refractivity contribution in [3.63, 3.8) is 0 Å². The zero-order chi connectivity index (χ0) is 6.57. The second-order valence-corrected chi connectivity index (χ2v) is 2.92. The fraction of sp³-hybridized carbons (Fsp3) is 1.00. The molecule has 0 bridgehead atoms. The van der Waals surface area contributed by atoms with Crippen LogP contribution < -0.4 is 0 Å². The van der Waals surface area contributed by atoms with Crippen molar-refractivity contribution in [3.8, 4) is 0 Å². The van der Waals surface area contributed by atoms with E-state index in [2.05, 4.69) is 38.5 Å². The highest BCUT2D eigenvalue weighted by Crippen LogP contribution is 1.97. The summed E-state index contributed by atoms with van der Waals surface area (Å²) in [4.78, 5) is 2.18. The predicted octanol–water partition coefficient (Wildman–Crippen LogP) is 1.11. The van der Waals surface area contributed by atoms with Gasteiger partial charge < -0.3 is 4.90 Å². The van der Waals surface area contributed by atoms with Gasteiger partial charge in [0.15, 0.2) is 0 Å². The maximum atomic E-state index is 4.16. The maximum Gasteiger partial charge on any atom is 0.000871 e. The topological polar surface area (TPSA) is 3.24 Å². The van der Waals surface area contributed by atoms with Crippen LogP contribution in [0, 0.1) is 5.92 Å². The molecule has 0 aromatic heterocycles. The van der Waals surface area contributed by atoms with Gasteiger partial charge in [0.05, 0.1) is 0 Å². The van der Waals surface area contributed by atoms with Crippen molar-refractivity contribution in [2.75, 3.05) is 26.4 Å². The first-order valence-electron chi connectivity index (χ1n) is 2.92. The highest BCUT2D eigenvalue weighted by Gasteiger charge is 1.98. The molecule has 0 rings (SSSR count). The third-order valence-corrected chi connectivity index (χ3v) is 1.61. The quantitative estimate of drug-likeness (QED) is 0.565. The second kappa shape index (κ2) is 4.21. The molecule has 0 aromatic carbocycles. The van der Waals surface area contributed by atoms with Crippen LogP contribution in [0.3, 0.4) is 0 Å². The zero-order valence-electron chi connectivity index (χ0n) is 5.89. The summed E-state index contributed by atoms with van der Waals surface area (Å²) in [5.41, 5.74) is 0. The molecule has 0 aliphatic carbocycles. The molecule has 0 aliphatic rings. The number of hydrogen-bond acceptors (Lipinski definition) is 2. The Hall–Kier alpha value is 0.310. The van der Waals surface area contributed by atoms with Crippen molar-refractivity contribution < 1.29 is 0 Å². The summed E-state index contributed by atoms with van der Waals surface area (Å²) < 4.78 is 0. The Morgan fingerprint density at radius 3 is 2.12 bits per heavy atom. The fourth-order valence-corrected chi connectivity index (χ4v) is 0.797. The van der Waals surface area contributed by atoms with Crippen LogP contribution in [0.4, 0.5) is 0 Å². The summed E-state index contributed by atoms with van der Waals surface area (Å²) in [6.07, 6.45) is 0. The third-order valence-electron chi connectivity index (χ3n) is 0.988. The van der Waals surface area contributed by atoms with E-state index in [0.29, 0.717) is 5.92 Å². The van der Waals surface area contributed by atoms with E-state index in [9.17, 15) is 0 Å². The number of hydrogen-bond donors (Lipinski definition) is 1. The van der Waals surface area contributed by atoms with E-state index in [4.69, 9.17) is 0 Å². The van der Waals surface area contributed by atoms with Gasteiger partial charge in [-0.25, -0.2) is 0 Å². The first-order valence-corrected chi connectivity index (χ1v) is 3.55. The predicted molar refractivity (Wildman–Crippen MR) is 41.6 cm³/mol. The molecule has 0 heterocycles. The van der Waals surface area contributed by atoms with E-state index in [1.807, 2.05) is 0 Å². The molecule has 0 aliphatic heterocycles. The van der Waals surface area contributed by atoms with Gasteiger partial charge in [0.25, 0.3) is 0 Å². The Balaban J connectivity index is 3.10. The minimum absolute atomic E-state index is 0.716. The molecule has 0 saturated heterocycles. The Bertz CT molecular complexity index is 54.5. The lowest BCUT2D eigenvalue weighted by Gasteiger charge is -2.13. The summed E-state index contributed by atoms with van der Waals surface area (Å²) in [5, 5.41) is 0. The van der Waals surface area contributed by atoms with Gasteiger partial charge >= 0.3 is 0 Å². The second-order valence-electron chi connectivity index (χ2n) is 2.55. The lowest BCUT2D eigenvalue weighted by Crippen LogP contribution is -2.20. The third kappa shape index (κ3) is 4.47. The highest BCUT2D eigenvalue weighted by atomic mass is 32.1. The highest BCUT2D eigenvalue weighted by molar-refractivity contribution is 7.80. The van der Waals surface area contributed by atoms with E-state index in [1.165, 1.54) is 0 Å². The summed E-state index contributed by atoms with van der Waals surface area (Å²) in [5.74, 6) is 1.70. The van der Waals surface area contributed by atoms with Gasteiger partial charge in [-0.1, -0.05) is 6.92 Å². The van der Waals surface area contributed by atoms with E-state index < -0.39 is 0 Å². The van der Waals surface area contributed by atoms with Crippen LogP contribution in [-0.2, 0) is 0 Å². The molecule has 0 aromatic rings. The lowest BCUT2D eigenvalue weighted by molar-refractivity contribution is 0.357. The summed E-state index contributed by atoms with van der Waals surface area (Å²) >= 11 is 4.16. The van der Waals surface area contributed by atoms with E-state index in [0.717, 1.165) is 12.3 Å². The van der Waals surface area contributed by atoms with Gasteiger partial charge in [0.1, 0.15) is 0 Å². The summed E-state index contributed by atoms with van der Waals surface area (Å²) in [6.45, 7) is 3.34. The minimum atomic E-state index is 0.716. The molecule has 0 fully saturated rings. The zero-order valence-corrected chi connectivity index (χ0v) is 6.78. The van der Waals surface area contributed by atoms with Crippen molar-refractivity contribution in [2.45, 2.75) is 6.92 Å². The minimum Gasteiger partial charge on any atom is -0.309 e. The van der Waals surface area contributed by atoms with Crippen molar-refractivity contribution in [1.82, 2.24) is 4.90 Å². The maximum absolute atomic E-state index is 4.16. The molecule has 1 atom stereocenters. The Kier molecular flexibility index (Phi) is 4.38. The average Bonchev–Trinajstić information content (AvgIpc) is 1.65. The molecule has 1 nitrogen and oxygen atoms in total. The van der Waals surface area contributed by atoms with Crippen LogP contribution in [0.15, 0.2) is 0 Å². The molecule has 8 heavy (non-hydrogen) atoms. The lowest BCUT2D eigenvalue weighted by atomic mass is 10.2. The van der Waals surface area contributed by atoms with Gasteiger partial charge in [-0.15, -0.1) is 0 Å². The molecule has 0 radical (unpaired) electrons. The summed E-state index contributed by atoms with van der Waals surface area (Å²) in [7, 11) is 4.17. The van der Waals surface area contributed by atoms with Crippen molar-refractivity contribution >= 4 is 12.6 Å². The van der Waals surface area contributed by atoms with Crippen LogP contribution in [0.5, 0.6) is 0 Å². The number of rotatable bonds is 3. The monoisotopic (exact) mass is 133 g/mol. The Labute approximate surface area is 57.5 Å². The first kappa shape index (κ1) is 8.31. The number of nitrogens with zero attached hydrogens (tertiary/aromatic N) is 1. The normalized spacial score (nSPS) is 14.6. The van der Waals surface area contributed by atoms with Gasteiger partial charge in [0.2, 0.25) is 0 Å². The molecular formula is C6H15NS. The van der Waals surface area contributed by atoms with E-state index in [-0.39, 0.29) is 0 Å². The molecule has 0 N–H and O–H groups in total. The Morgan fingerprint density at radius 1 is 1.50 bits per heavy atom. The largest absolute Gasteiger partial charge is 0.309 e. The molecule has 2 heteroatoms. The molecule has 0 amide bonds. The smallest absolute Gasteiger partial charge is 0.000871 e. The average molecular weight is 133 g/mol. The van der Waals surface area contributed by atoms with Crippen molar-refractivity contribution in [1.29, 1.82) is 0 Å². The molecular weight excluding hydrogens is 118 g/mol. The van der Waals surface area contributed by atoms with Crippen LogP contribution in [0.25, 0.3) is 0 Å². The van der Waals surface area contributed by atoms with Crippen LogP contribution in [0.2, 0.25) is 0 Å². The molecule has 50 valence electrons. The SMILES string of the molecule is C[C@H](CS)CN(C)C. The van der Waals surface area contributed by atoms with E-state index >= 15 is 0 Å². The first-order chi connectivity index (χ1) is 3.66. The number of thiol groups is 1. The molecule has 0 unspecified atom stereocenters. The fourth-order valence-electron chi connectivity index (χ4n) is 0.681. The van der Waals surface area contributed by atoms with Crippen molar-refractivity contribution in [2.24, 2.45) is 5.92 Å². The van der Waals surface area contributed by atoms with Crippen molar-refractivity contribution in [3.05, 3.63) is 0 Å². The standard InChI is InChI=1S/C6H15NS/c1-6(5-8)4-7(2)3/h6,8H,4-5H2,1-3H3/t6-/m0/s1.